The zero-order chi connectivity index (χ0) is 21.7. The number of halogens is 1. The zero-order valence-corrected chi connectivity index (χ0v) is 17.6. The van der Waals surface area contributed by atoms with Gasteiger partial charge < -0.3 is 5.32 Å². The minimum Gasteiger partial charge on any atom is -0.324 e. The van der Waals surface area contributed by atoms with Crippen LogP contribution in [0.15, 0.2) is 83.8 Å². The second-order valence-electron chi connectivity index (χ2n) is 6.53. The SMILES string of the molecule is C[C@@H](NS(=O)(=O)c1ccccc1)C(=O)Nc1ccc(Cl)cc1C(=O)c1ccccc1. The zero-order valence-electron chi connectivity index (χ0n) is 16.0. The van der Waals surface area contributed by atoms with Crippen LogP contribution in [-0.4, -0.2) is 26.2 Å². The number of ketones is 1. The molecule has 0 unspecified atom stereocenters. The number of sulfonamides is 1. The molecule has 1 amide bonds. The fourth-order valence-electron chi connectivity index (χ4n) is 2.75. The number of nitrogens with one attached hydrogen (secondary N) is 2. The Hall–Kier alpha value is -3.00. The molecule has 3 aromatic carbocycles. The van der Waals surface area contributed by atoms with Crippen LogP contribution in [0.1, 0.15) is 22.8 Å². The lowest BCUT2D eigenvalue weighted by Gasteiger charge is -2.16. The van der Waals surface area contributed by atoms with Crippen molar-refractivity contribution in [2.75, 3.05) is 5.32 Å². The molecule has 3 rings (SSSR count). The molecule has 0 heterocycles. The van der Waals surface area contributed by atoms with E-state index in [1.807, 2.05) is 0 Å². The molecule has 0 saturated carbocycles. The first-order valence-corrected chi connectivity index (χ1v) is 10.9. The summed E-state index contributed by atoms with van der Waals surface area (Å²) in [4.78, 5) is 25.6. The molecule has 0 aliphatic heterocycles. The van der Waals surface area contributed by atoms with E-state index >= 15 is 0 Å². The molecule has 0 fully saturated rings. The Morgan fingerprint density at radius 1 is 0.900 bits per heavy atom. The van der Waals surface area contributed by atoms with Crippen molar-refractivity contribution in [2.24, 2.45) is 0 Å². The Balaban J connectivity index is 1.81. The Morgan fingerprint density at radius 2 is 1.50 bits per heavy atom. The largest absolute Gasteiger partial charge is 0.324 e. The molecule has 2 N–H and O–H groups in total. The number of carbonyl (C=O) groups excluding carboxylic acids is 2. The van der Waals surface area contributed by atoms with Crippen molar-refractivity contribution < 1.29 is 18.0 Å². The average Bonchev–Trinajstić information content (AvgIpc) is 2.75. The van der Waals surface area contributed by atoms with E-state index in [1.165, 1.54) is 37.3 Å². The highest BCUT2D eigenvalue weighted by Crippen LogP contribution is 2.24. The molecule has 0 bridgehead atoms. The number of rotatable bonds is 7. The van der Waals surface area contributed by atoms with E-state index in [-0.39, 0.29) is 21.9 Å². The van der Waals surface area contributed by atoms with Gasteiger partial charge in [-0.1, -0.05) is 60.1 Å². The summed E-state index contributed by atoms with van der Waals surface area (Å²) in [6.45, 7) is 1.42. The maximum Gasteiger partial charge on any atom is 0.242 e. The molecule has 1 atom stereocenters. The quantitative estimate of drug-likeness (QED) is 0.543. The third-order valence-corrected chi connectivity index (χ3v) is 6.09. The fraction of sp³-hybridized carbons (Fsp3) is 0.0909. The van der Waals surface area contributed by atoms with Gasteiger partial charge in [0.05, 0.1) is 16.6 Å². The number of hydrogen-bond acceptors (Lipinski definition) is 4. The molecule has 6 nitrogen and oxygen atoms in total. The number of benzene rings is 3. The van der Waals surface area contributed by atoms with Crippen LogP contribution >= 0.6 is 11.6 Å². The van der Waals surface area contributed by atoms with Crippen molar-refractivity contribution >= 4 is 39.0 Å². The van der Waals surface area contributed by atoms with Crippen molar-refractivity contribution in [3.05, 3.63) is 95.0 Å². The molecule has 0 saturated heterocycles. The van der Waals surface area contributed by atoms with E-state index in [2.05, 4.69) is 10.0 Å². The standard InChI is InChI=1S/C22H19ClN2O4S/c1-15(25-30(28,29)18-10-6-3-7-11-18)22(27)24-20-13-12-17(23)14-19(20)21(26)16-8-4-2-5-9-16/h2-15,25H,1H3,(H,24,27)/t15-/m1/s1. The summed E-state index contributed by atoms with van der Waals surface area (Å²) >= 11 is 6.05. The summed E-state index contributed by atoms with van der Waals surface area (Å²) in [6.07, 6.45) is 0. The van der Waals surface area contributed by atoms with E-state index in [9.17, 15) is 18.0 Å². The molecule has 8 heteroatoms. The van der Waals surface area contributed by atoms with Crippen LogP contribution in [0.3, 0.4) is 0 Å². The van der Waals surface area contributed by atoms with Crippen LogP contribution < -0.4 is 10.0 Å². The van der Waals surface area contributed by atoms with Gasteiger partial charge in [0.25, 0.3) is 0 Å². The van der Waals surface area contributed by atoms with Gasteiger partial charge in [-0.15, -0.1) is 0 Å². The average molecular weight is 443 g/mol. The van der Waals surface area contributed by atoms with E-state index in [0.29, 0.717) is 10.6 Å². The second-order valence-corrected chi connectivity index (χ2v) is 8.68. The van der Waals surface area contributed by atoms with Crippen LogP contribution in [0.25, 0.3) is 0 Å². The molecular formula is C22H19ClN2O4S. The van der Waals surface area contributed by atoms with E-state index in [4.69, 9.17) is 11.6 Å². The van der Waals surface area contributed by atoms with Crippen LogP contribution in [0.5, 0.6) is 0 Å². The predicted octanol–water partition coefficient (Wildman–Crippen LogP) is 3.88. The van der Waals surface area contributed by atoms with Gasteiger partial charge in [-0.3, -0.25) is 9.59 Å². The Bertz CT molecular complexity index is 1170. The van der Waals surface area contributed by atoms with Gasteiger partial charge in [0.2, 0.25) is 15.9 Å². The van der Waals surface area contributed by atoms with Crippen molar-refractivity contribution in [1.82, 2.24) is 4.72 Å². The van der Waals surface area contributed by atoms with E-state index in [0.717, 1.165) is 0 Å². The molecule has 30 heavy (non-hydrogen) atoms. The van der Waals surface area contributed by atoms with Gasteiger partial charge >= 0.3 is 0 Å². The lowest BCUT2D eigenvalue weighted by molar-refractivity contribution is -0.117. The van der Waals surface area contributed by atoms with Gasteiger partial charge in [0, 0.05) is 16.1 Å². The van der Waals surface area contributed by atoms with Gasteiger partial charge in [-0.25, -0.2) is 8.42 Å². The number of hydrogen-bond donors (Lipinski definition) is 2. The summed E-state index contributed by atoms with van der Waals surface area (Å²) < 4.78 is 27.2. The normalized spacial score (nSPS) is 12.2. The summed E-state index contributed by atoms with van der Waals surface area (Å²) in [5.74, 6) is -0.926. The van der Waals surface area contributed by atoms with Crippen LogP contribution in [0.4, 0.5) is 5.69 Å². The topological polar surface area (TPSA) is 92.3 Å². The maximum absolute atomic E-state index is 12.9. The van der Waals surface area contributed by atoms with E-state index < -0.39 is 22.0 Å². The smallest absolute Gasteiger partial charge is 0.242 e. The minimum atomic E-state index is -3.87. The van der Waals surface area contributed by atoms with Crippen molar-refractivity contribution in [2.45, 2.75) is 17.9 Å². The monoisotopic (exact) mass is 442 g/mol. The Kier molecular flexibility index (Phi) is 6.66. The summed E-state index contributed by atoms with van der Waals surface area (Å²) in [7, 11) is -3.87. The summed E-state index contributed by atoms with van der Waals surface area (Å²) in [5, 5.41) is 2.95. The van der Waals surface area contributed by atoms with Crippen LogP contribution in [0, 0.1) is 0 Å². The predicted molar refractivity (Wildman–Crippen MR) is 116 cm³/mol. The van der Waals surface area contributed by atoms with Gasteiger partial charge in [0.15, 0.2) is 5.78 Å². The number of amides is 1. The van der Waals surface area contributed by atoms with Gasteiger partial charge in [-0.05, 0) is 37.3 Å². The lowest BCUT2D eigenvalue weighted by Crippen LogP contribution is -2.41. The summed E-state index contributed by atoms with van der Waals surface area (Å²) in [5.41, 5.74) is 0.886. The Morgan fingerprint density at radius 3 is 2.13 bits per heavy atom. The first-order chi connectivity index (χ1) is 14.3. The molecule has 3 aromatic rings. The number of carbonyl (C=O) groups is 2. The molecule has 0 spiro atoms. The van der Waals surface area contributed by atoms with E-state index in [1.54, 1.807) is 48.5 Å². The first kappa shape index (κ1) is 21.7. The third-order valence-electron chi connectivity index (χ3n) is 4.30. The molecule has 0 aliphatic rings. The van der Waals surface area contributed by atoms with Crippen molar-refractivity contribution in [3.8, 4) is 0 Å². The highest BCUT2D eigenvalue weighted by atomic mass is 35.5. The number of anilines is 1. The van der Waals surface area contributed by atoms with Gasteiger partial charge in [-0.2, -0.15) is 4.72 Å². The lowest BCUT2D eigenvalue weighted by atomic mass is 10.0. The second kappa shape index (κ2) is 9.21. The van der Waals surface area contributed by atoms with Crippen LogP contribution in [0.2, 0.25) is 5.02 Å². The van der Waals surface area contributed by atoms with Gasteiger partial charge in [0.1, 0.15) is 0 Å². The fourth-order valence-corrected chi connectivity index (χ4v) is 4.15. The first-order valence-electron chi connectivity index (χ1n) is 9.05. The molecule has 0 aromatic heterocycles. The van der Waals surface area contributed by atoms with Crippen molar-refractivity contribution in [3.63, 3.8) is 0 Å². The third kappa shape index (κ3) is 5.13. The molecular weight excluding hydrogens is 424 g/mol. The minimum absolute atomic E-state index is 0.0519. The molecule has 154 valence electrons. The molecule has 0 aliphatic carbocycles. The Labute approximate surface area is 179 Å². The highest BCUT2D eigenvalue weighted by molar-refractivity contribution is 7.89. The summed E-state index contributed by atoms with van der Waals surface area (Å²) in [6, 6.07) is 19.8. The highest BCUT2D eigenvalue weighted by Gasteiger charge is 2.23. The van der Waals surface area contributed by atoms with Crippen LogP contribution in [-0.2, 0) is 14.8 Å². The molecule has 0 radical (unpaired) electrons. The van der Waals surface area contributed by atoms with Crippen molar-refractivity contribution in [1.29, 1.82) is 0 Å². The maximum atomic E-state index is 12.9.